The zero-order valence-electron chi connectivity index (χ0n) is 22.4. The number of amides is 1. The predicted octanol–water partition coefficient (Wildman–Crippen LogP) is 6.44. The van der Waals surface area contributed by atoms with Gasteiger partial charge in [-0.1, -0.05) is 11.6 Å². The highest BCUT2D eigenvalue weighted by molar-refractivity contribution is 6.30. The van der Waals surface area contributed by atoms with Crippen molar-refractivity contribution in [1.29, 1.82) is 0 Å². The van der Waals surface area contributed by atoms with E-state index in [1.165, 1.54) is 6.07 Å². The van der Waals surface area contributed by atoms with Crippen LogP contribution < -0.4 is 4.74 Å². The van der Waals surface area contributed by atoms with E-state index < -0.39 is 59.0 Å². The summed E-state index contributed by atoms with van der Waals surface area (Å²) in [6.45, 7) is 0.751. The summed E-state index contributed by atoms with van der Waals surface area (Å²) in [7, 11) is 0. The van der Waals surface area contributed by atoms with Gasteiger partial charge in [0.2, 0.25) is 0 Å². The van der Waals surface area contributed by atoms with Gasteiger partial charge in [-0.25, -0.2) is 18.0 Å². The first-order valence-corrected chi connectivity index (χ1v) is 14.1. The van der Waals surface area contributed by atoms with Gasteiger partial charge in [-0.05, 0) is 74.4 Å². The van der Waals surface area contributed by atoms with Gasteiger partial charge in [0, 0.05) is 24.6 Å². The second-order valence-corrected chi connectivity index (χ2v) is 11.7. The Morgan fingerprint density at radius 2 is 1.74 bits per heavy atom. The van der Waals surface area contributed by atoms with Crippen molar-refractivity contribution in [3.63, 3.8) is 0 Å². The van der Waals surface area contributed by atoms with Crippen molar-refractivity contribution in [2.24, 2.45) is 5.92 Å². The number of nitrogens with zero attached hydrogens (tertiary/aromatic N) is 2. The summed E-state index contributed by atoms with van der Waals surface area (Å²) in [5, 5.41) is 8.79. The zero-order chi connectivity index (χ0) is 30.3. The van der Waals surface area contributed by atoms with Gasteiger partial charge in [0.05, 0.1) is 29.3 Å². The number of ether oxygens (including phenoxy) is 1. The molecule has 228 valence electrons. The van der Waals surface area contributed by atoms with Gasteiger partial charge in [0.15, 0.2) is 0 Å². The molecule has 6 nitrogen and oxygen atoms in total. The highest BCUT2D eigenvalue weighted by Gasteiger charge is 2.41. The number of hydrogen-bond acceptors (Lipinski definition) is 4. The quantitative estimate of drug-likeness (QED) is 0.345. The molecule has 1 N–H and O–H groups in total. The number of carbonyl (C=O) groups excluding carboxylic acids is 1. The summed E-state index contributed by atoms with van der Waals surface area (Å²) < 4.78 is 88.9. The monoisotopic (exact) mass is 618 g/mol. The number of likely N-dealkylation sites (tertiary alicyclic amines) is 2. The Morgan fingerprint density at radius 3 is 2.36 bits per heavy atom. The molecular formula is C29H29ClF6N2O4. The van der Waals surface area contributed by atoms with E-state index in [9.17, 15) is 36.6 Å². The number of benzene rings is 2. The van der Waals surface area contributed by atoms with Gasteiger partial charge in [0.1, 0.15) is 29.6 Å². The van der Waals surface area contributed by atoms with E-state index in [-0.39, 0.29) is 48.3 Å². The van der Waals surface area contributed by atoms with Crippen LogP contribution in [0.25, 0.3) is 0 Å². The first-order chi connectivity index (χ1) is 19.8. The largest absolute Gasteiger partial charge is 0.493 e. The summed E-state index contributed by atoms with van der Waals surface area (Å²) in [6, 6.07) is 2.49. The summed E-state index contributed by atoms with van der Waals surface area (Å²) in [4.78, 5) is 27.2. The highest BCUT2D eigenvalue weighted by atomic mass is 35.5. The number of alkyl halides is 4. The molecule has 5 rings (SSSR count). The van der Waals surface area contributed by atoms with E-state index in [1.54, 1.807) is 0 Å². The van der Waals surface area contributed by atoms with E-state index in [2.05, 4.69) is 0 Å². The van der Waals surface area contributed by atoms with Crippen LogP contribution in [-0.4, -0.2) is 65.2 Å². The molecule has 0 unspecified atom stereocenters. The topological polar surface area (TPSA) is 70.1 Å². The minimum absolute atomic E-state index is 0.0293. The molecule has 13 heteroatoms. The van der Waals surface area contributed by atoms with Crippen molar-refractivity contribution in [2.75, 3.05) is 26.2 Å². The molecule has 0 spiro atoms. The number of carboxylic acid groups (broad SMARTS) is 1. The fourth-order valence-electron chi connectivity index (χ4n) is 5.66. The lowest BCUT2D eigenvalue weighted by Crippen LogP contribution is -2.41. The average Bonchev–Trinajstić information content (AvgIpc) is 3.69. The molecular weight excluding hydrogens is 590 g/mol. The van der Waals surface area contributed by atoms with Gasteiger partial charge in [0.25, 0.3) is 5.91 Å². The predicted molar refractivity (Wildman–Crippen MR) is 140 cm³/mol. The molecule has 2 saturated heterocycles. The van der Waals surface area contributed by atoms with Crippen molar-refractivity contribution >= 4 is 23.5 Å². The summed E-state index contributed by atoms with van der Waals surface area (Å²) >= 11 is 5.70. The van der Waals surface area contributed by atoms with E-state index in [1.807, 2.05) is 4.90 Å². The van der Waals surface area contributed by atoms with Crippen LogP contribution in [0.5, 0.6) is 5.75 Å². The van der Waals surface area contributed by atoms with E-state index in [4.69, 9.17) is 16.3 Å². The van der Waals surface area contributed by atoms with Gasteiger partial charge < -0.3 is 14.7 Å². The SMILES string of the molecule is O=C(O)[C@@H]1C[C@@H](F)CN1C(=O)c1cc(C2CC2)c(OCC2CCN(Cc3cc(C(F)(F)F)cc(Cl)c3F)CC2)cc1F. The lowest BCUT2D eigenvalue weighted by Gasteiger charge is -2.32. The van der Waals surface area contributed by atoms with E-state index in [0.717, 1.165) is 29.9 Å². The summed E-state index contributed by atoms with van der Waals surface area (Å²) in [5.41, 5.74) is -0.821. The van der Waals surface area contributed by atoms with Gasteiger partial charge >= 0.3 is 12.1 Å². The van der Waals surface area contributed by atoms with Crippen molar-refractivity contribution in [3.8, 4) is 5.75 Å². The van der Waals surface area contributed by atoms with Gasteiger partial charge in [-0.15, -0.1) is 0 Å². The molecule has 0 radical (unpaired) electrons. The number of carbonyl (C=O) groups is 2. The Balaban J connectivity index is 1.21. The fraction of sp³-hybridized carbons (Fsp3) is 0.517. The molecule has 2 aliphatic heterocycles. The Morgan fingerprint density at radius 1 is 1.05 bits per heavy atom. The Bertz CT molecular complexity index is 1360. The number of rotatable bonds is 8. The second kappa shape index (κ2) is 11.9. The molecule has 3 aliphatic rings. The third-order valence-electron chi connectivity index (χ3n) is 8.15. The highest BCUT2D eigenvalue weighted by Crippen LogP contribution is 2.45. The first-order valence-electron chi connectivity index (χ1n) is 13.7. The lowest BCUT2D eigenvalue weighted by atomic mass is 9.97. The Labute approximate surface area is 243 Å². The molecule has 2 heterocycles. The molecule has 2 aromatic carbocycles. The van der Waals surface area contributed by atoms with Crippen LogP contribution >= 0.6 is 11.6 Å². The average molecular weight is 619 g/mol. The summed E-state index contributed by atoms with van der Waals surface area (Å²) in [6.07, 6.45) is -3.63. The maximum atomic E-state index is 15.1. The first kappa shape index (κ1) is 30.5. The van der Waals surface area contributed by atoms with Crippen LogP contribution in [-0.2, 0) is 17.5 Å². The molecule has 1 saturated carbocycles. The van der Waals surface area contributed by atoms with E-state index in [0.29, 0.717) is 37.6 Å². The molecule has 3 fully saturated rings. The number of aliphatic carboxylic acids is 1. The molecule has 0 bridgehead atoms. The number of hydrogen-bond donors (Lipinski definition) is 1. The van der Waals surface area contributed by atoms with Gasteiger partial charge in [-0.3, -0.25) is 9.69 Å². The molecule has 1 aliphatic carbocycles. The standard InChI is InChI=1S/C29H29ClF6N2O4/c30-22-8-18(29(34,35)36)7-17(26(22)33)12-37-5-3-15(4-6-37)14-42-25-11-23(32)21(10-20(25)16-1-2-16)27(39)38-13-19(31)9-24(38)28(40)41/h7-8,10-11,15-16,19,24H,1-6,9,12-14H2,(H,40,41)/t19-,24+/m1/s1. The number of halogens is 7. The van der Waals surface area contributed by atoms with Crippen LogP contribution in [0, 0.1) is 17.6 Å². The van der Waals surface area contributed by atoms with E-state index >= 15 is 4.39 Å². The maximum absolute atomic E-state index is 15.1. The minimum atomic E-state index is -4.65. The van der Waals surface area contributed by atoms with Crippen molar-refractivity contribution in [2.45, 2.75) is 63.0 Å². The van der Waals surface area contributed by atoms with Crippen molar-refractivity contribution in [3.05, 3.63) is 63.2 Å². The Kier molecular flexibility index (Phi) is 8.67. The van der Waals surface area contributed by atoms with Crippen LogP contribution in [0.15, 0.2) is 24.3 Å². The van der Waals surface area contributed by atoms with Crippen LogP contribution in [0.3, 0.4) is 0 Å². The Hall–Kier alpha value is -2.99. The molecule has 2 aromatic rings. The van der Waals surface area contributed by atoms with Crippen LogP contribution in [0.4, 0.5) is 26.3 Å². The number of piperidine rings is 1. The van der Waals surface area contributed by atoms with Crippen LogP contribution in [0.2, 0.25) is 5.02 Å². The van der Waals surface area contributed by atoms with Crippen LogP contribution in [0.1, 0.15) is 65.1 Å². The normalized spacial score (nSPS) is 22.0. The maximum Gasteiger partial charge on any atom is 0.416 e. The third kappa shape index (κ3) is 6.64. The molecule has 42 heavy (non-hydrogen) atoms. The van der Waals surface area contributed by atoms with Crippen molar-refractivity contribution in [1.82, 2.24) is 9.80 Å². The molecule has 0 aromatic heterocycles. The molecule has 1 amide bonds. The molecule has 2 atom stereocenters. The lowest BCUT2D eigenvalue weighted by molar-refractivity contribution is -0.141. The third-order valence-corrected chi connectivity index (χ3v) is 8.42. The minimum Gasteiger partial charge on any atom is -0.493 e. The number of carboxylic acids is 1. The fourth-order valence-corrected chi connectivity index (χ4v) is 5.90. The second-order valence-electron chi connectivity index (χ2n) is 11.2. The zero-order valence-corrected chi connectivity index (χ0v) is 23.2. The smallest absolute Gasteiger partial charge is 0.416 e. The van der Waals surface area contributed by atoms with Crippen molar-refractivity contribution < 1.29 is 45.8 Å². The van der Waals surface area contributed by atoms with Gasteiger partial charge in [-0.2, -0.15) is 13.2 Å². The summed E-state index contributed by atoms with van der Waals surface area (Å²) in [5.74, 6) is -3.59.